The normalized spacial score (nSPS) is 11.2. The van der Waals surface area contributed by atoms with Crippen LogP contribution in [-0.2, 0) is 16.3 Å². The summed E-state index contributed by atoms with van der Waals surface area (Å²) in [4.78, 5) is 23.8. The molecule has 116 valence electrons. The number of esters is 1. The summed E-state index contributed by atoms with van der Waals surface area (Å²) in [5, 5.41) is 8.04. The molecule has 0 fully saturated rings. The second-order valence-electron chi connectivity index (χ2n) is 4.48. The molecule has 8 heteroatoms. The van der Waals surface area contributed by atoms with E-state index in [1.807, 2.05) is 0 Å². The molecule has 0 aliphatic carbocycles. The Hall–Kier alpha value is -2.74. The van der Waals surface area contributed by atoms with Crippen molar-refractivity contribution in [1.82, 2.24) is 15.0 Å². The number of halogens is 1. The number of carbonyl (C=O) groups excluding carboxylic acids is 1. The first-order chi connectivity index (χ1) is 11.1. The maximum absolute atomic E-state index is 12.2. The van der Waals surface area contributed by atoms with Gasteiger partial charge in [-0.3, -0.25) is 4.79 Å². The van der Waals surface area contributed by atoms with Crippen molar-refractivity contribution < 1.29 is 13.9 Å². The number of carbonyl (C=O) groups is 1. The Bertz CT molecular complexity index is 945. The number of rotatable bonds is 4. The summed E-state index contributed by atoms with van der Waals surface area (Å²) < 4.78 is 11.7. The molecule has 0 saturated heterocycles. The number of hydrogen-bond donors (Lipinski definition) is 0. The van der Waals surface area contributed by atoms with Crippen LogP contribution in [-0.4, -0.2) is 21.0 Å². The summed E-state index contributed by atoms with van der Waals surface area (Å²) in [6, 6.07) is 10.2. The number of nitrogens with zero attached hydrogens (tertiary/aromatic N) is 3. The summed E-state index contributed by atoms with van der Waals surface area (Å²) in [5.74, 6) is -0.129. The molecule has 0 bridgehead atoms. The topological polar surface area (TPSA) is 87.2 Å². The molecular weight excluding hydrogens is 366 g/mol. The van der Waals surface area contributed by atoms with E-state index in [4.69, 9.17) is 9.15 Å². The Morgan fingerprint density at radius 3 is 2.91 bits per heavy atom. The molecule has 0 unspecified atom stereocenters. The molecule has 0 aliphatic heterocycles. The largest absolute Gasteiger partial charge is 0.450 e. The quantitative estimate of drug-likeness (QED) is 0.513. The van der Waals surface area contributed by atoms with Crippen LogP contribution in [0.5, 0.6) is 0 Å². The monoisotopic (exact) mass is 375 g/mol. The molecule has 3 rings (SSSR count). The van der Waals surface area contributed by atoms with E-state index >= 15 is 0 Å². The van der Waals surface area contributed by atoms with Gasteiger partial charge in [-0.2, -0.15) is 4.68 Å². The lowest BCUT2D eigenvalue weighted by Gasteiger charge is -2.04. The highest BCUT2D eigenvalue weighted by Crippen LogP contribution is 2.15. The summed E-state index contributed by atoms with van der Waals surface area (Å²) >= 11 is 3.16. The van der Waals surface area contributed by atoms with Gasteiger partial charge in [-0.15, -0.1) is 5.10 Å². The number of aromatic nitrogens is 3. The average Bonchev–Trinajstić information content (AvgIpc) is 2.98. The van der Waals surface area contributed by atoms with Crippen molar-refractivity contribution in [2.45, 2.75) is 6.73 Å². The van der Waals surface area contributed by atoms with Crippen LogP contribution in [0.4, 0.5) is 0 Å². The molecule has 7 nitrogen and oxygen atoms in total. The lowest BCUT2D eigenvalue weighted by atomic mass is 10.2. The van der Waals surface area contributed by atoms with Gasteiger partial charge < -0.3 is 9.15 Å². The van der Waals surface area contributed by atoms with E-state index in [2.05, 4.69) is 26.2 Å². The highest BCUT2D eigenvalue weighted by atomic mass is 79.9. The number of furan rings is 1. The zero-order chi connectivity index (χ0) is 16.2. The van der Waals surface area contributed by atoms with E-state index in [9.17, 15) is 9.59 Å². The smallest absolute Gasteiger partial charge is 0.332 e. The first kappa shape index (κ1) is 15.2. The van der Waals surface area contributed by atoms with Gasteiger partial charge in [0.1, 0.15) is 11.3 Å². The molecule has 23 heavy (non-hydrogen) atoms. The van der Waals surface area contributed by atoms with Crippen molar-refractivity contribution in [3.8, 4) is 0 Å². The highest BCUT2D eigenvalue weighted by molar-refractivity contribution is 9.10. The predicted octanol–water partition coefficient (Wildman–Crippen LogP) is 2.36. The lowest BCUT2D eigenvalue weighted by Crippen LogP contribution is -2.26. The van der Waals surface area contributed by atoms with Crippen LogP contribution >= 0.6 is 15.9 Å². The second-order valence-corrected chi connectivity index (χ2v) is 5.26. The molecule has 0 radical (unpaired) electrons. The minimum absolute atomic E-state index is 0.318. The lowest BCUT2D eigenvalue weighted by molar-refractivity contribution is -0.141. The molecule has 3 aromatic rings. The summed E-state index contributed by atoms with van der Waals surface area (Å²) in [6.45, 7) is -0.318. The van der Waals surface area contributed by atoms with E-state index in [-0.39, 0.29) is 12.3 Å². The van der Waals surface area contributed by atoms with Crippen LogP contribution in [0.15, 0.2) is 56.4 Å². The zero-order valence-electron chi connectivity index (χ0n) is 11.7. The molecular formula is C15H10BrN3O4. The van der Waals surface area contributed by atoms with Gasteiger partial charge in [0.05, 0.1) is 5.39 Å². The van der Waals surface area contributed by atoms with Gasteiger partial charge in [-0.25, -0.2) is 4.79 Å². The van der Waals surface area contributed by atoms with Gasteiger partial charge >= 0.3 is 5.97 Å². The number of benzene rings is 1. The van der Waals surface area contributed by atoms with Crippen LogP contribution in [0.25, 0.3) is 17.0 Å². The average molecular weight is 376 g/mol. The van der Waals surface area contributed by atoms with Gasteiger partial charge in [-0.1, -0.05) is 17.3 Å². The van der Waals surface area contributed by atoms with Crippen molar-refractivity contribution in [1.29, 1.82) is 0 Å². The molecule has 1 aromatic carbocycles. The fraction of sp³-hybridized carbons (Fsp3) is 0.0667. The van der Waals surface area contributed by atoms with Gasteiger partial charge in [-0.05, 0) is 46.3 Å². The molecule has 2 aromatic heterocycles. The maximum Gasteiger partial charge on any atom is 0.332 e. The Kier molecular flexibility index (Phi) is 4.33. The first-order valence-corrected chi connectivity index (χ1v) is 7.35. The molecule has 0 aliphatic rings. The molecule has 0 spiro atoms. The Labute approximate surface area is 138 Å². The zero-order valence-corrected chi connectivity index (χ0v) is 13.3. The van der Waals surface area contributed by atoms with E-state index in [0.29, 0.717) is 21.3 Å². The molecule has 0 saturated carbocycles. The van der Waals surface area contributed by atoms with Gasteiger partial charge in [0.2, 0.25) is 0 Å². The number of hydrogen-bond acceptors (Lipinski definition) is 6. The summed E-state index contributed by atoms with van der Waals surface area (Å²) in [5.41, 5.74) is 0.116. The fourth-order valence-corrected chi connectivity index (χ4v) is 2.17. The van der Waals surface area contributed by atoms with E-state index < -0.39 is 5.97 Å². The summed E-state index contributed by atoms with van der Waals surface area (Å²) in [6.07, 6.45) is 2.66. The van der Waals surface area contributed by atoms with Gasteiger partial charge in [0, 0.05) is 6.08 Å². The van der Waals surface area contributed by atoms with E-state index in [0.717, 1.165) is 4.68 Å². The standard InChI is InChI=1S/C15H10BrN3O4/c16-13-7-5-10(23-13)6-8-14(20)22-9-19-15(21)11-3-1-2-4-12(11)17-18-19/h1-8H,9H2/b8-6+. The van der Waals surface area contributed by atoms with Crippen LogP contribution in [0.3, 0.4) is 0 Å². The molecule has 0 N–H and O–H groups in total. The van der Waals surface area contributed by atoms with Crippen molar-refractivity contribution >= 4 is 38.9 Å². The number of fused-ring (bicyclic) bond motifs is 1. The third-order valence-electron chi connectivity index (χ3n) is 2.94. The van der Waals surface area contributed by atoms with Crippen molar-refractivity contribution in [2.75, 3.05) is 0 Å². The van der Waals surface area contributed by atoms with Crippen molar-refractivity contribution in [3.63, 3.8) is 0 Å². The SMILES string of the molecule is O=C(/C=C/c1ccc(Br)o1)OCn1nnc2ccccc2c1=O. The Morgan fingerprint density at radius 1 is 1.30 bits per heavy atom. The van der Waals surface area contributed by atoms with E-state index in [1.54, 1.807) is 36.4 Å². The van der Waals surface area contributed by atoms with Gasteiger partial charge in [0.25, 0.3) is 5.56 Å². The Balaban J connectivity index is 1.68. The van der Waals surface area contributed by atoms with Crippen molar-refractivity contribution in [2.24, 2.45) is 0 Å². The third kappa shape index (κ3) is 3.54. The van der Waals surface area contributed by atoms with Crippen LogP contribution < -0.4 is 5.56 Å². The van der Waals surface area contributed by atoms with Crippen LogP contribution in [0, 0.1) is 0 Å². The minimum atomic E-state index is -0.626. The van der Waals surface area contributed by atoms with Crippen molar-refractivity contribution in [3.05, 3.63) is 63.3 Å². The fourth-order valence-electron chi connectivity index (χ4n) is 1.85. The second kappa shape index (κ2) is 6.57. The molecule has 2 heterocycles. The number of ether oxygens (including phenoxy) is 1. The minimum Gasteiger partial charge on any atom is -0.450 e. The summed E-state index contributed by atoms with van der Waals surface area (Å²) in [7, 11) is 0. The third-order valence-corrected chi connectivity index (χ3v) is 3.36. The first-order valence-electron chi connectivity index (χ1n) is 6.56. The van der Waals surface area contributed by atoms with Crippen LogP contribution in [0.1, 0.15) is 5.76 Å². The molecule has 0 amide bonds. The highest BCUT2D eigenvalue weighted by Gasteiger charge is 2.06. The maximum atomic E-state index is 12.2. The molecule has 0 atom stereocenters. The Morgan fingerprint density at radius 2 is 2.13 bits per heavy atom. The van der Waals surface area contributed by atoms with E-state index in [1.165, 1.54) is 12.2 Å². The predicted molar refractivity (Wildman–Crippen MR) is 85.3 cm³/mol. The van der Waals surface area contributed by atoms with Gasteiger partial charge in [0.15, 0.2) is 11.4 Å². The van der Waals surface area contributed by atoms with Crippen LogP contribution in [0.2, 0.25) is 0 Å².